The van der Waals surface area contributed by atoms with Crippen molar-refractivity contribution in [2.75, 3.05) is 6.61 Å². The van der Waals surface area contributed by atoms with Gasteiger partial charge in [-0.2, -0.15) is 0 Å². The molecule has 0 bridgehead atoms. The smallest absolute Gasteiger partial charge is 0.319 e. The number of cyclic esters (lactones) is 2. The van der Waals surface area contributed by atoms with E-state index in [-0.39, 0.29) is 12.4 Å². The second kappa shape index (κ2) is 4.70. The van der Waals surface area contributed by atoms with E-state index in [2.05, 4.69) is 4.74 Å². The minimum Gasteiger partial charge on any atom is -0.423 e. The first kappa shape index (κ1) is 11.4. The van der Waals surface area contributed by atoms with Crippen LogP contribution in [0.5, 0.6) is 0 Å². The van der Waals surface area contributed by atoms with E-state index in [0.717, 1.165) is 6.42 Å². The lowest BCUT2D eigenvalue weighted by molar-refractivity contribution is -0.153. The maximum Gasteiger partial charge on any atom is 0.319 e. The predicted octanol–water partition coefficient (Wildman–Crippen LogP) is 0.539. The normalized spacial score (nSPS) is 27.6. The molecule has 1 heterocycles. The SMILES string of the molecule is CCCC1([SiH2]OCC)CC(=O)OC1=O. The van der Waals surface area contributed by atoms with E-state index in [1.807, 2.05) is 13.8 Å². The molecule has 1 fully saturated rings. The summed E-state index contributed by atoms with van der Waals surface area (Å²) < 4.78 is 9.98. The third-order valence-electron chi connectivity index (χ3n) is 2.43. The van der Waals surface area contributed by atoms with Gasteiger partial charge in [0.05, 0.1) is 11.5 Å². The van der Waals surface area contributed by atoms with Crippen molar-refractivity contribution in [3.8, 4) is 0 Å². The molecule has 1 saturated heterocycles. The summed E-state index contributed by atoms with van der Waals surface area (Å²) in [5.74, 6) is -0.750. The number of rotatable bonds is 5. The molecule has 0 amide bonds. The minimum absolute atomic E-state index is 0.228. The summed E-state index contributed by atoms with van der Waals surface area (Å²) in [6.45, 7) is 4.51. The quantitative estimate of drug-likeness (QED) is 0.382. The van der Waals surface area contributed by atoms with Gasteiger partial charge in [0.2, 0.25) is 0 Å². The highest BCUT2D eigenvalue weighted by Crippen LogP contribution is 2.42. The van der Waals surface area contributed by atoms with Gasteiger partial charge < -0.3 is 9.16 Å². The van der Waals surface area contributed by atoms with Gasteiger partial charge in [0.25, 0.3) is 0 Å². The van der Waals surface area contributed by atoms with Crippen LogP contribution in [0.1, 0.15) is 33.1 Å². The molecule has 0 radical (unpaired) electrons. The Kier molecular flexibility index (Phi) is 3.83. The monoisotopic (exact) mass is 216 g/mol. The Morgan fingerprint density at radius 3 is 2.64 bits per heavy atom. The number of hydrogen-bond donors (Lipinski definition) is 0. The Hall–Kier alpha value is -0.683. The fourth-order valence-electron chi connectivity index (χ4n) is 1.74. The van der Waals surface area contributed by atoms with Crippen molar-refractivity contribution < 1.29 is 18.8 Å². The number of hydrogen-bond acceptors (Lipinski definition) is 4. The molecule has 0 aromatic heterocycles. The van der Waals surface area contributed by atoms with E-state index in [1.54, 1.807) is 0 Å². The summed E-state index contributed by atoms with van der Waals surface area (Å²) in [6, 6.07) is 0. The van der Waals surface area contributed by atoms with Crippen LogP contribution in [0.3, 0.4) is 0 Å². The Labute approximate surface area is 85.9 Å². The van der Waals surface area contributed by atoms with Crippen LogP contribution in [0.15, 0.2) is 0 Å². The molecule has 5 heteroatoms. The summed E-state index contributed by atoms with van der Waals surface area (Å²) >= 11 is 0. The average molecular weight is 216 g/mol. The molecule has 4 nitrogen and oxygen atoms in total. The molecule has 80 valence electrons. The summed E-state index contributed by atoms with van der Waals surface area (Å²) in [6.07, 6.45) is 1.82. The van der Waals surface area contributed by atoms with Gasteiger partial charge in [-0.05, 0) is 13.3 Å². The van der Waals surface area contributed by atoms with Gasteiger partial charge in [-0.15, -0.1) is 0 Å². The van der Waals surface area contributed by atoms with E-state index < -0.39 is 20.8 Å². The molecule has 1 atom stereocenters. The van der Waals surface area contributed by atoms with Crippen molar-refractivity contribution in [3.63, 3.8) is 0 Å². The fraction of sp³-hybridized carbons (Fsp3) is 0.778. The van der Waals surface area contributed by atoms with E-state index >= 15 is 0 Å². The van der Waals surface area contributed by atoms with Crippen molar-refractivity contribution in [3.05, 3.63) is 0 Å². The van der Waals surface area contributed by atoms with E-state index in [9.17, 15) is 9.59 Å². The highest BCUT2D eigenvalue weighted by atomic mass is 28.2. The third-order valence-corrected chi connectivity index (χ3v) is 4.49. The first-order valence-electron chi connectivity index (χ1n) is 4.97. The predicted molar refractivity (Wildman–Crippen MR) is 53.5 cm³/mol. The van der Waals surface area contributed by atoms with E-state index in [0.29, 0.717) is 13.0 Å². The molecule has 0 saturated carbocycles. The number of carbonyl (C=O) groups is 2. The Bertz CT molecular complexity index is 241. The van der Waals surface area contributed by atoms with Crippen molar-refractivity contribution in [2.45, 2.75) is 38.1 Å². The van der Waals surface area contributed by atoms with Gasteiger partial charge in [-0.25, -0.2) is 0 Å². The number of esters is 2. The van der Waals surface area contributed by atoms with Crippen LogP contribution in [-0.4, -0.2) is 28.3 Å². The summed E-state index contributed by atoms with van der Waals surface area (Å²) in [7, 11) is -1.00. The molecule has 0 aromatic carbocycles. The summed E-state index contributed by atoms with van der Waals surface area (Å²) in [4.78, 5) is 22.5. The first-order chi connectivity index (χ1) is 6.64. The highest BCUT2D eigenvalue weighted by Gasteiger charge is 2.49. The van der Waals surface area contributed by atoms with Crippen LogP contribution < -0.4 is 0 Å². The second-order valence-electron chi connectivity index (χ2n) is 3.61. The standard InChI is InChI=1S/C9H16O4Si/c1-3-5-9(14-12-4-2)6-7(10)13-8(9)11/h3-6,14H2,1-2H3. The zero-order valence-electron chi connectivity index (χ0n) is 8.67. The van der Waals surface area contributed by atoms with Gasteiger partial charge in [0.15, 0.2) is 9.76 Å². The maximum absolute atomic E-state index is 11.5. The molecule has 0 spiro atoms. The number of ether oxygens (including phenoxy) is 1. The van der Waals surface area contributed by atoms with E-state index in [4.69, 9.17) is 4.43 Å². The van der Waals surface area contributed by atoms with Crippen LogP contribution in [0.2, 0.25) is 5.04 Å². The third kappa shape index (κ3) is 2.22. The van der Waals surface area contributed by atoms with Gasteiger partial charge in [0.1, 0.15) is 0 Å². The first-order valence-corrected chi connectivity index (χ1v) is 6.26. The lowest BCUT2D eigenvalue weighted by atomic mass is 10.0. The Morgan fingerprint density at radius 1 is 1.50 bits per heavy atom. The van der Waals surface area contributed by atoms with E-state index in [1.165, 1.54) is 0 Å². The maximum atomic E-state index is 11.5. The van der Waals surface area contributed by atoms with Gasteiger partial charge >= 0.3 is 11.9 Å². The second-order valence-corrected chi connectivity index (χ2v) is 5.66. The molecule has 1 rings (SSSR count). The van der Waals surface area contributed by atoms with Gasteiger partial charge in [0, 0.05) is 6.61 Å². The molecule has 1 unspecified atom stereocenters. The van der Waals surface area contributed by atoms with Crippen LogP contribution >= 0.6 is 0 Å². The molecule has 14 heavy (non-hydrogen) atoms. The van der Waals surface area contributed by atoms with Crippen LogP contribution in [0, 0.1) is 0 Å². The van der Waals surface area contributed by atoms with Crippen molar-refractivity contribution in [2.24, 2.45) is 0 Å². The largest absolute Gasteiger partial charge is 0.423 e. The highest BCUT2D eigenvalue weighted by molar-refractivity contribution is 6.43. The van der Waals surface area contributed by atoms with Crippen LogP contribution in [-0.2, 0) is 18.8 Å². The zero-order valence-corrected chi connectivity index (χ0v) is 10.1. The Morgan fingerprint density at radius 2 is 2.21 bits per heavy atom. The lowest BCUT2D eigenvalue weighted by Crippen LogP contribution is -2.27. The molecule has 0 aliphatic carbocycles. The summed E-state index contributed by atoms with van der Waals surface area (Å²) in [5, 5.41) is -0.568. The molecule has 1 aliphatic rings. The van der Waals surface area contributed by atoms with Crippen molar-refractivity contribution in [1.82, 2.24) is 0 Å². The molecule has 1 aliphatic heterocycles. The minimum atomic E-state index is -1.00. The fourth-order valence-corrected chi connectivity index (χ4v) is 3.33. The molecular formula is C9H16O4Si. The van der Waals surface area contributed by atoms with Gasteiger partial charge in [-0.1, -0.05) is 13.3 Å². The van der Waals surface area contributed by atoms with Crippen molar-refractivity contribution >= 4 is 21.7 Å². The van der Waals surface area contributed by atoms with Crippen molar-refractivity contribution in [1.29, 1.82) is 0 Å². The zero-order chi connectivity index (χ0) is 10.6. The molecule has 0 N–H and O–H groups in total. The molecule has 0 aromatic rings. The number of carbonyl (C=O) groups excluding carboxylic acids is 2. The van der Waals surface area contributed by atoms with Gasteiger partial charge in [-0.3, -0.25) is 9.59 Å². The molecular weight excluding hydrogens is 200 g/mol. The van der Waals surface area contributed by atoms with Crippen LogP contribution in [0.25, 0.3) is 0 Å². The van der Waals surface area contributed by atoms with Crippen LogP contribution in [0.4, 0.5) is 0 Å². The summed E-state index contributed by atoms with van der Waals surface area (Å²) in [5.41, 5.74) is 0. The topological polar surface area (TPSA) is 52.6 Å². The average Bonchev–Trinajstić information content (AvgIpc) is 2.40. The lowest BCUT2D eigenvalue weighted by Gasteiger charge is -2.21. The Balaban J connectivity index is 2.70.